The van der Waals surface area contributed by atoms with Crippen molar-refractivity contribution in [3.63, 3.8) is 0 Å². The predicted molar refractivity (Wildman–Crippen MR) is 80.4 cm³/mol. The van der Waals surface area contributed by atoms with Crippen LogP contribution in [0.5, 0.6) is 0 Å². The van der Waals surface area contributed by atoms with E-state index in [4.69, 9.17) is 5.73 Å². The van der Waals surface area contributed by atoms with E-state index in [2.05, 4.69) is 28.0 Å². The van der Waals surface area contributed by atoms with Crippen molar-refractivity contribution in [1.29, 1.82) is 0 Å². The zero-order valence-electron chi connectivity index (χ0n) is 11.7. The average molecular weight is 316 g/mol. The summed E-state index contributed by atoms with van der Waals surface area (Å²) < 4.78 is 2.90. The summed E-state index contributed by atoms with van der Waals surface area (Å²) in [5.41, 5.74) is 7.32. The van der Waals surface area contributed by atoms with Gasteiger partial charge >= 0.3 is 0 Å². The molecule has 1 aromatic rings. The average Bonchev–Trinajstić information content (AvgIpc) is 2.68. The maximum absolute atomic E-state index is 6.21. The van der Waals surface area contributed by atoms with Crippen LogP contribution in [0.1, 0.15) is 70.0 Å². The van der Waals surface area contributed by atoms with E-state index in [1.807, 2.05) is 17.9 Å². The SMILES string of the molecule is CCCCCCCCCC(N)c1c(Br)cnn1C. The molecule has 0 fully saturated rings. The molecule has 0 saturated heterocycles. The molecule has 0 bridgehead atoms. The number of aryl methyl sites for hydroxylation is 1. The Kier molecular flexibility index (Phi) is 7.59. The first-order valence-electron chi connectivity index (χ1n) is 7.09. The van der Waals surface area contributed by atoms with Crippen LogP contribution in [0.25, 0.3) is 0 Å². The van der Waals surface area contributed by atoms with Crippen LogP contribution in [0.15, 0.2) is 10.7 Å². The number of unbranched alkanes of at least 4 members (excludes halogenated alkanes) is 6. The maximum atomic E-state index is 6.21. The van der Waals surface area contributed by atoms with Crippen molar-refractivity contribution in [3.05, 3.63) is 16.4 Å². The Morgan fingerprint density at radius 3 is 2.39 bits per heavy atom. The van der Waals surface area contributed by atoms with Gasteiger partial charge in [0.05, 0.1) is 16.4 Å². The summed E-state index contributed by atoms with van der Waals surface area (Å²) >= 11 is 3.51. The van der Waals surface area contributed by atoms with Crippen LogP contribution in [0.4, 0.5) is 0 Å². The minimum absolute atomic E-state index is 0.0996. The van der Waals surface area contributed by atoms with E-state index >= 15 is 0 Å². The molecule has 0 aliphatic rings. The van der Waals surface area contributed by atoms with E-state index in [1.54, 1.807) is 0 Å². The van der Waals surface area contributed by atoms with E-state index < -0.39 is 0 Å². The second-order valence-corrected chi connectivity index (χ2v) is 5.87. The smallest absolute Gasteiger partial charge is 0.0690 e. The summed E-state index contributed by atoms with van der Waals surface area (Å²) in [7, 11) is 1.95. The maximum Gasteiger partial charge on any atom is 0.0690 e. The first-order valence-corrected chi connectivity index (χ1v) is 7.89. The standard InChI is InChI=1S/C14H26BrN3/c1-3-4-5-6-7-8-9-10-13(16)14-12(15)11-17-18(14)2/h11,13H,3-10,16H2,1-2H3. The Balaban J connectivity index is 2.16. The largest absolute Gasteiger partial charge is 0.323 e. The van der Waals surface area contributed by atoms with Gasteiger partial charge < -0.3 is 5.73 Å². The van der Waals surface area contributed by atoms with Gasteiger partial charge in [0.15, 0.2) is 0 Å². The molecule has 1 rings (SSSR count). The van der Waals surface area contributed by atoms with Gasteiger partial charge in [-0.2, -0.15) is 5.10 Å². The molecule has 3 nitrogen and oxygen atoms in total. The molecule has 1 aromatic heterocycles. The van der Waals surface area contributed by atoms with E-state index in [1.165, 1.54) is 44.9 Å². The van der Waals surface area contributed by atoms with Crippen LogP contribution in [0.2, 0.25) is 0 Å². The van der Waals surface area contributed by atoms with Crippen molar-refractivity contribution in [2.45, 2.75) is 64.3 Å². The van der Waals surface area contributed by atoms with Crippen LogP contribution < -0.4 is 5.73 Å². The van der Waals surface area contributed by atoms with Crippen LogP contribution in [0, 0.1) is 0 Å². The summed E-state index contributed by atoms with van der Waals surface area (Å²) in [6.45, 7) is 2.25. The lowest BCUT2D eigenvalue weighted by Crippen LogP contribution is -2.15. The molecule has 0 aliphatic carbocycles. The van der Waals surface area contributed by atoms with Gasteiger partial charge in [0.1, 0.15) is 0 Å². The van der Waals surface area contributed by atoms with Gasteiger partial charge in [-0.05, 0) is 22.4 Å². The van der Waals surface area contributed by atoms with Crippen LogP contribution in [0.3, 0.4) is 0 Å². The predicted octanol–water partition coefficient (Wildman–Crippen LogP) is 4.32. The number of halogens is 1. The van der Waals surface area contributed by atoms with Crippen LogP contribution in [-0.4, -0.2) is 9.78 Å². The number of nitrogens with zero attached hydrogens (tertiary/aromatic N) is 2. The fourth-order valence-corrected chi connectivity index (χ4v) is 2.94. The van der Waals surface area contributed by atoms with Crippen molar-refractivity contribution >= 4 is 15.9 Å². The lowest BCUT2D eigenvalue weighted by molar-refractivity contribution is 0.519. The molecule has 4 heteroatoms. The Labute approximate surface area is 119 Å². The highest BCUT2D eigenvalue weighted by molar-refractivity contribution is 9.10. The number of hydrogen-bond donors (Lipinski definition) is 1. The first-order chi connectivity index (χ1) is 8.66. The number of hydrogen-bond acceptors (Lipinski definition) is 2. The van der Waals surface area contributed by atoms with Gasteiger partial charge in [0, 0.05) is 13.1 Å². The summed E-state index contributed by atoms with van der Waals surface area (Å²) in [4.78, 5) is 0. The van der Waals surface area contributed by atoms with E-state index in [0.717, 1.165) is 16.6 Å². The minimum atomic E-state index is 0.0996. The lowest BCUT2D eigenvalue weighted by Gasteiger charge is -2.12. The highest BCUT2D eigenvalue weighted by Crippen LogP contribution is 2.24. The summed E-state index contributed by atoms with van der Waals surface area (Å²) in [5, 5.41) is 4.21. The third-order valence-corrected chi connectivity index (χ3v) is 4.02. The van der Waals surface area contributed by atoms with Gasteiger partial charge in [-0.3, -0.25) is 4.68 Å². The zero-order valence-corrected chi connectivity index (χ0v) is 13.2. The molecule has 0 spiro atoms. The Morgan fingerprint density at radius 2 is 1.83 bits per heavy atom. The van der Waals surface area contributed by atoms with Crippen LogP contribution in [-0.2, 0) is 7.05 Å². The molecule has 18 heavy (non-hydrogen) atoms. The Bertz CT molecular complexity index is 316. The third kappa shape index (κ3) is 5.11. The second kappa shape index (κ2) is 8.70. The molecule has 1 heterocycles. The quantitative estimate of drug-likeness (QED) is 0.689. The molecule has 0 saturated carbocycles. The van der Waals surface area contributed by atoms with Crippen molar-refractivity contribution in [2.24, 2.45) is 12.8 Å². The number of aromatic nitrogens is 2. The highest BCUT2D eigenvalue weighted by Gasteiger charge is 2.14. The second-order valence-electron chi connectivity index (χ2n) is 5.02. The molecule has 0 radical (unpaired) electrons. The number of rotatable bonds is 9. The van der Waals surface area contributed by atoms with Crippen molar-refractivity contribution in [3.8, 4) is 0 Å². The molecular weight excluding hydrogens is 290 g/mol. The zero-order chi connectivity index (χ0) is 13.4. The molecule has 0 aromatic carbocycles. The van der Waals surface area contributed by atoms with Gasteiger partial charge in [-0.1, -0.05) is 51.9 Å². The van der Waals surface area contributed by atoms with E-state index in [-0.39, 0.29) is 6.04 Å². The van der Waals surface area contributed by atoms with Gasteiger partial charge in [0.2, 0.25) is 0 Å². The Hall–Kier alpha value is -0.350. The van der Waals surface area contributed by atoms with Crippen LogP contribution >= 0.6 is 15.9 Å². The molecule has 1 atom stereocenters. The Morgan fingerprint density at radius 1 is 1.22 bits per heavy atom. The van der Waals surface area contributed by atoms with Gasteiger partial charge in [0.25, 0.3) is 0 Å². The van der Waals surface area contributed by atoms with Gasteiger partial charge in [-0.25, -0.2) is 0 Å². The topological polar surface area (TPSA) is 43.8 Å². The van der Waals surface area contributed by atoms with Gasteiger partial charge in [-0.15, -0.1) is 0 Å². The van der Waals surface area contributed by atoms with Crippen molar-refractivity contribution in [2.75, 3.05) is 0 Å². The number of nitrogens with two attached hydrogens (primary N) is 1. The molecule has 2 N–H and O–H groups in total. The molecule has 104 valence electrons. The molecule has 0 amide bonds. The van der Waals surface area contributed by atoms with E-state index in [9.17, 15) is 0 Å². The summed E-state index contributed by atoms with van der Waals surface area (Å²) in [6.07, 6.45) is 12.2. The minimum Gasteiger partial charge on any atom is -0.323 e. The van der Waals surface area contributed by atoms with Crippen molar-refractivity contribution < 1.29 is 0 Å². The first kappa shape index (κ1) is 15.7. The fraction of sp³-hybridized carbons (Fsp3) is 0.786. The monoisotopic (exact) mass is 315 g/mol. The molecular formula is C14H26BrN3. The summed E-state index contributed by atoms with van der Waals surface area (Å²) in [6, 6.07) is 0.0996. The van der Waals surface area contributed by atoms with Crippen molar-refractivity contribution in [1.82, 2.24) is 9.78 Å². The highest BCUT2D eigenvalue weighted by atomic mass is 79.9. The fourth-order valence-electron chi connectivity index (χ4n) is 2.30. The normalized spacial score (nSPS) is 12.9. The summed E-state index contributed by atoms with van der Waals surface area (Å²) in [5.74, 6) is 0. The third-order valence-electron chi connectivity index (χ3n) is 3.41. The van der Waals surface area contributed by atoms with E-state index in [0.29, 0.717) is 0 Å². The molecule has 1 unspecified atom stereocenters. The molecule has 0 aliphatic heterocycles. The lowest BCUT2D eigenvalue weighted by atomic mass is 10.0.